The minimum atomic E-state index is -0.465. The number of nitrogens with zero attached hydrogens (tertiary/aromatic N) is 5. The van der Waals surface area contributed by atoms with Gasteiger partial charge in [0.2, 0.25) is 0 Å². The van der Waals surface area contributed by atoms with Gasteiger partial charge in [-0.2, -0.15) is 0 Å². The van der Waals surface area contributed by atoms with Crippen molar-refractivity contribution in [2.75, 3.05) is 22.5 Å². The van der Waals surface area contributed by atoms with Gasteiger partial charge in [-0.3, -0.25) is 10.1 Å². The number of fused-ring (bicyclic) bond motifs is 1. The van der Waals surface area contributed by atoms with Gasteiger partial charge in [-0.25, -0.2) is 24.7 Å². The minimum Gasteiger partial charge on any atom is -0.488 e. The molecule has 0 saturated carbocycles. The third-order valence-corrected chi connectivity index (χ3v) is 8.73. The first-order valence-electron chi connectivity index (χ1n) is 18.1. The molecule has 0 aliphatic rings. The van der Waals surface area contributed by atoms with Crippen LogP contribution >= 0.6 is 0 Å². The van der Waals surface area contributed by atoms with Crippen molar-refractivity contribution in [2.24, 2.45) is 5.41 Å². The molecular formula is C42H45N11O3. The largest absolute Gasteiger partial charge is 0.488 e. The van der Waals surface area contributed by atoms with E-state index in [0.717, 1.165) is 33.4 Å². The van der Waals surface area contributed by atoms with Crippen LogP contribution in [0, 0.1) is 24.7 Å². The molecule has 14 nitrogen and oxygen atoms in total. The molecule has 6 aromatic rings. The van der Waals surface area contributed by atoms with Crippen LogP contribution in [0.4, 0.5) is 27.8 Å². The smallest absolute Gasteiger partial charge is 0.324 e. The number of urea groups is 1. The van der Waals surface area contributed by atoms with Crippen LogP contribution in [-0.4, -0.2) is 48.7 Å². The number of benzene rings is 3. The number of nitrogens with one attached hydrogen (secondary N) is 6. The topological polar surface area (TPSA) is 184 Å². The molecule has 0 aliphatic heterocycles. The van der Waals surface area contributed by atoms with Crippen LogP contribution < -0.4 is 31.3 Å². The van der Waals surface area contributed by atoms with Gasteiger partial charge in [0.25, 0.3) is 5.91 Å². The molecule has 56 heavy (non-hydrogen) atoms. The Hall–Kier alpha value is -7.09. The number of carbonyl (C=O) groups excluding carboxylic acids is 2. The lowest BCUT2D eigenvalue weighted by Crippen LogP contribution is -2.32. The van der Waals surface area contributed by atoms with Crippen molar-refractivity contribution in [3.05, 3.63) is 138 Å². The van der Waals surface area contributed by atoms with Crippen molar-refractivity contribution >= 4 is 51.4 Å². The Kier molecular flexibility index (Phi) is 12.0. The highest BCUT2D eigenvalue weighted by Crippen LogP contribution is 2.32. The molecule has 3 aromatic carbocycles. The Balaban J connectivity index is 1.07. The lowest BCUT2D eigenvalue weighted by atomic mass is 9.90. The molecule has 6 N–H and O–H groups in total. The number of aromatic nitrogens is 5. The lowest BCUT2D eigenvalue weighted by molar-refractivity contribution is 0.0947. The second-order valence-corrected chi connectivity index (χ2v) is 14.1. The molecule has 0 bridgehead atoms. The van der Waals surface area contributed by atoms with E-state index in [1.54, 1.807) is 24.5 Å². The van der Waals surface area contributed by atoms with Crippen molar-refractivity contribution in [2.45, 2.75) is 47.8 Å². The summed E-state index contributed by atoms with van der Waals surface area (Å²) < 4.78 is 8.24. The predicted molar refractivity (Wildman–Crippen MR) is 219 cm³/mol. The standard InChI is InChI=1S/C42H45N11O3/c1-27-10-12-30(13-11-27)49-38(23-36(43)42(3,4)5)52-41(55)50-33-14-15-35(32-9-7-6-8-31(32)33)56-26-29-16-17-45-37(22-29)51-39-25-47-34(24-48-39)40(54)46-19-21-53-20-18-44-28(53)2/h6-18,20,22-25,43,49H,19,21,26H2,1-5H3,(H,46,54)(H,45,48,51)(H2,50,52,55)/b38-23+,43-36?. The summed E-state index contributed by atoms with van der Waals surface area (Å²) in [6.45, 7) is 11.0. The van der Waals surface area contributed by atoms with Crippen molar-refractivity contribution < 1.29 is 14.3 Å². The second kappa shape index (κ2) is 17.4. The molecule has 0 radical (unpaired) electrons. The maximum Gasteiger partial charge on any atom is 0.324 e. The van der Waals surface area contributed by atoms with Crippen LogP contribution in [0.5, 0.6) is 5.75 Å². The molecule has 3 aromatic heterocycles. The Labute approximate surface area is 325 Å². The second-order valence-electron chi connectivity index (χ2n) is 14.1. The Morgan fingerprint density at radius 2 is 1.64 bits per heavy atom. The molecule has 0 spiro atoms. The van der Waals surface area contributed by atoms with E-state index in [2.05, 4.69) is 46.5 Å². The zero-order valence-corrected chi connectivity index (χ0v) is 32.0. The van der Waals surface area contributed by atoms with E-state index in [0.29, 0.717) is 47.7 Å². The molecule has 0 aliphatic carbocycles. The van der Waals surface area contributed by atoms with Gasteiger partial charge in [0.05, 0.1) is 18.1 Å². The van der Waals surface area contributed by atoms with Gasteiger partial charge in [0.1, 0.15) is 41.3 Å². The lowest BCUT2D eigenvalue weighted by Gasteiger charge is -2.20. The number of ether oxygens (including phenoxy) is 1. The predicted octanol–water partition coefficient (Wildman–Crippen LogP) is 7.73. The highest BCUT2D eigenvalue weighted by molar-refractivity contribution is 6.05. The molecular weight excluding hydrogens is 707 g/mol. The number of hydrogen-bond donors (Lipinski definition) is 6. The van der Waals surface area contributed by atoms with Gasteiger partial charge in [0.15, 0.2) is 0 Å². The maximum absolute atomic E-state index is 13.4. The molecule has 6 rings (SSSR count). The minimum absolute atomic E-state index is 0.205. The highest BCUT2D eigenvalue weighted by Gasteiger charge is 2.18. The van der Waals surface area contributed by atoms with Crippen LogP contribution in [0.3, 0.4) is 0 Å². The number of carbonyl (C=O) groups is 2. The van der Waals surface area contributed by atoms with Gasteiger partial charge >= 0.3 is 6.03 Å². The fourth-order valence-corrected chi connectivity index (χ4v) is 5.49. The molecule has 3 amide bonds. The first-order valence-corrected chi connectivity index (χ1v) is 18.1. The van der Waals surface area contributed by atoms with Crippen LogP contribution in [0.1, 0.15) is 48.2 Å². The monoisotopic (exact) mass is 751 g/mol. The average molecular weight is 752 g/mol. The summed E-state index contributed by atoms with van der Waals surface area (Å²) in [6, 6.07) is 22.3. The fraction of sp³-hybridized carbons (Fsp3) is 0.214. The number of allylic oxidation sites excluding steroid dienone is 1. The molecule has 3 heterocycles. The normalized spacial score (nSPS) is 11.5. The summed E-state index contributed by atoms with van der Waals surface area (Å²) in [5, 5.41) is 25.2. The van der Waals surface area contributed by atoms with Gasteiger partial charge in [0, 0.05) is 65.3 Å². The number of hydrogen-bond acceptors (Lipinski definition) is 10. The summed E-state index contributed by atoms with van der Waals surface area (Å²) >= 11 is 0. The maximum atomic E-state index is 13.4. The molecule has 0 saturated heterocycles. The molecule has 0 unspecified atom stereocenters. The Morgan fingerprint density at radius 3 is 2.36 bits per heavy atom. The third-order valence-electron chi connectivity index (χ3n) is 8.73. The number of amides is 3. The zero-order chi connectivity index (χ0) is 39.7. The number of pyridine rings is 1. The highest BCUT2D eigenvalue weighted by atomic mass is 16.5. The Bertz CT molecular complexity index is 2360. The fourth-order valence-electron chi connectivity index (χ4n) is 5.49. The van der Waals surface area contributed by atoms with E-state index >= 15 is 0 Å². The number of imidazole rings is 1. The number of rotatable bonds is 14. The van der Waals surface area contributed by atoms with Gasteiger partial charge in [-0.1, -0.05) is 62.7 Å². The molecule has 286 valence electrons. The van der Waals surface area contributed by atoms with Crippen LogP contribution in [0.15, 0.2) is 116 Å². The van der Waals surface area contributed by atoms with Crippen LogP contribution in [0.25, 0.3) is 10.8 Å². The van der Waals surface area contributed by atoms with E-state index in [9.17, 15) is 9.59 Å². The van der Waals surface area contributed by atoms with E-state index < -0.39 is 11.4 Å². The van der Waals surface area contributed by atoms with E-state index in [-0.39, 0.29) is 18.2 Å². The summed E-state index contributed by atoms with van der Waals surface area (Å²) in [5.74, 6) is 2.54. The van der Waals surface area contributed by atoms with Crippen LogP contribution in [0.2, 0.25) is 0 Å². The molecule has 0 atom stereocenters. The third kappa shape index (κ3) is 10.3. The number of anilines is 4. The van der Waals surface area contributed by atoms with Gasteiger partial charge in [-0.05, 0) is 55.8 Å². The Morgan fingerprint density at radius 1 is 0.857 bits per heavy atom. The van der Waals surface area contributed by atoms with Gasteiger partial charge < -0.3 is 36.0 Å². The summed E-state index contributed by atoms with van der Waals surface area (Å²) in [4.78, 5) is 43.1. The SMILES string of the molecule is Cc1ccc(N/C(=C\C(=N)C(C)(C)C)NC(=O)Nc2ccc(OCc3ccnc(Nc4cnc(C(=O)NCCn5ccnc5C)cn4)c3)c3ccccc23)cc1. The van der Waals surface area contributed by atoms with E-state index in [1.165, 1.54) is 12.4 Å². The first kappa shape index (κ1) is 38.6. The molecule has 0 fully saturated rings. The summed E-state index contributed by atoms with van der Waals surface area (Å²) in [6.07, 6.45) is 9.78. The van der Waals surface area contributed by atoms with E-state index in [4.69, 9.17) is 10.1 Å². The van der Waals surface area contributed by atoms with E-state index in [1.807, 2.05) is 112 Å². The van der Waals surface area contributed by atoms with Crippen molar-refractivity contribution in [1.29, 1.82) is 5.41 Å². The van der Waals surface area contributed by atoms with Crippen molar-refractivity contribution in [3.8, 4) is 5.75 Å². The summed E-state index contributed by atoms with van der Waals surface area (Å²) in [5.41, 5.74) is 3.49. The summed E-state index contributed by atoms with van der Waals surface area (Å²) in [7, 11) is 0. The zero-order valence-electron chi connectivity index (χ0n) is 32.0. The number of aryl methyl sites for hydroxylation is 2. The quantitative estimate of drug-likeness (QED) is 0.0607. The van der Waals surface area contributed by atoms with Crippen molar-refractivity contribution in [3.63, 3.8) is 0 Å². The first-order chi connectivity index (χ1) is 26.9. The van der Waals surface area contributed by atoms with Crippen molar-refractivity contribution in [1.82, 2.24) is 35.1 Å². The average Bonchev–Trinajstić information content (AvgIpc) is 3.59. The molecule has 14 heteroatoms. The van der Waals surface area contributed by atoms with Gasteiger partial charge in [-0.15, -0.1) is 0 Å². The van der Waals surface area contributed by atoms with Crippen LogP contribution in [-0.2, 0) is 13.2 Å².